The van der Waals surface area contributed by atoms with Gasteiger partial charge in [0, 0.05) is 31.2 Å². The largest absolute Gasteiger partial charge is 0.311 e. The maximum absolute atomic E-state index is 3.73. The van der Waals surface area contributed by atoms with Gasteiger partial charge in [-0.15, -0.1) is 0 Å². The molecule has 1 saturated heterocycles. The van der Waals surface area contributed by atoms with Gasteiger partial charge in [-0.25, -0.2) is 0 Å². The Morgan fingerprint density at radius 2 is 2.18 bits per heavy atom. The van der Waals surface area contributed by atoms with Crippen molar-refractivity contribution in [3.63, 3.8) is 0 Å². The minimum Gasteiger partial charge on any atom is -0.311 e. The van der Waals surface area contributed by atoms with Crippen LogP contribution < -0.4 is 5.32 Å². The van der Waals surface area contributed by atoms with Crippen molar-refractivity contribution in [3.8, 4) is 0 Å². The van der Waals surface area contributed by atoms with Gasteiger partial charge < -0.3 is 5.32 Å². The molecule has 98 valence electrons. The van der Waals surface area contributed by atoms with E-state index in [0.717, 1.165) is 18.1 Å². The topological polar surface area (TPSA) is 15.3 Å². The molecule has 0 aromatic heterocycles. The average Bonchev–Trinajstić information content (AvgIpc) is 2.40. The van der Waals surface area contributed by atoms with Crippen LogP contribution in [-0.2, 0) is 0 Å². The Morgan fingerprint density at radius 1 is 1.29 bits per heavy atom. The van der Waals surface area contributed by atoms with Crippen molar-refractivity contribution in [1.82, 2.24) is 10.2 Å². The fraction of sp³-hybridized carbons (Fsp3) is 0.867. The van der Waals surface area contributed by atoms with Crippen molar-refractivity contribution in [2.24, 2.45) is 0 Å². The van der Waals surface area contributed by atoms with Crippen LogP contribution in [0.25, 0.3) is 0 Å². The first kappa shape index (κ1) is 13.1. The SMILES string of the molecule is CCCC1CN(C2CC=CCC2)C(CC)CN1. The fourth-order valence-corrected chi connectivity index (χ4v) is 3.33. The normalized spacial score (nSPS) is 35.1. The fourth-order valence-electron chi connectivity index (χ4n) is 3.33. The second-order valence-electron chi connectivity index (χ2n) is 5.59. The molecule has 1 fully saturated rings. The molecule has 3 atom stereocenters. The van der Waals surface area contributed by atoms with Crippen molar-refractivity contribution in [1.29, 1.82) is 0 Å². The number of piperazine rings is 1. The number of allylic oxidation sites excluding steroid dienone is 1. The van der Waals surface area contributed by atoms with Crippen molar-refractivity contribution >= 4 is 0 Å². The summed E-state index contributed by atoms with van der Waals surface area (Å²) < 4.78 is 0. The summed E-state index contributed by atoms with van der Waals surface area (Å²) in [7, 11) is 0. The maximum atomic E-state index is 3.73. The van der Waals surface area contributed by atoms with Crippen LogP contribution in [0.1, 0.15) is 52.4 Å². The van der Waals surface area contributed by atoms with Crippen LogP contribution in [0.15, 0.2) is 12.2 Å². The maximum Gasteiger partial charge on any atom is 0.0221 e. The summed E-state index contributed by atoms with van der Waals surface area (Å²) in [6.07, 6.45) is 12.6. The summed E-state index contributed by atoms with van der Waals surface area (Å²) in [4.78, 5) is 2.81. The first-order valence-electron chi connectivity index (χ1n) is 7.49. The Labute approximate surface area is 106 Å². The van der Waals surface area contributed by atoms with Gasteiger partial charge in [-0.1, -0.05) is 32.4 Å². The van der Waals surface area contributed by atoms with E-state index in [0.29, 0.717) is 0 Å². The third-order valence-electron chi connectivity index (χ3n) is 4.36. The zero-order valence-electron chi connectivity index (χ0n) is 11.5. The third kappa shape index (κ3) is 3.32. The lowest BCUT2D eigenvalue weighted by Gasteiger charge is -2.45. The van der Waals surface area contributed by atoms with Gasteiger partial charge in [-0.05, 0) is 32.1 Å². The van der Waals surface area contributed by atoms with Crippen LogP contribution >= 0.6 is 0 Å². The second kappa shape index (κ2) is 6.55. The van der Waals surface area contributed by atoms with Crippen LogP contribution in [-0.4, -0.2) is 36.1 Å². The van der Waals surface area contributed by atoms with Gasteiger partial charge in [0.05, 0.1) is 0 Å². The molecule has 2 heteroatoms. The summed E-state index contributed by atoms with van der Waals surface area (Å²) in [6, 6.07) is 2.31. The van der Waals surface area contributed by atoms with E-state index in [1.165, 1.54) is 51.6 Å². The van der Waals surface area contributed by atoms with Gasteiger partial charge in [-0.2, -0.15) is 0 Å². The van der Waals surface area contributed by atoms with Crippen LogP contribution in [0.5, 0.6) is 0 Å². The molecule has 2 rings (SSSR count). The minimum atomic E-state index is 0.730. The number of nitrogens with one attached hydrogen (secondary N) is 1. The summed E-state index contributed by atoms with van der Waals surface area (Å²) >= 11 is 0. The Balaban J connectivity index is 1.96. The third-order valence-corrected chi connectivity index (χ3v) is 4.36. The predicted octanol–water partition coefficient (Wildman–Crippen LogP) is 2.95. The molecule has 1 N–H and O–H groups in total. The number of hydrogen-bond donors (Lipinski definition) is 1. The second-order valence-corrected chi connectivity index (χ2v) is 5.59. The molecule has 0 spiro atoms. The van der Waals surface area contributed by atoms with E-state index >= 15 is 0 Å². The zero-order chi connectivity index (χ0) is 12.1. The minimum absolute atomic E-state index is 0.730. The first-order chi connectivity index (χ1) is 8.35. The lowest BCUT2D eigenvalue weighted by Crippen LogP contribution is -2.59. The van der Waals surface area contributed by atoms with Gasteiger partial charge in [0.2, 0.25) is 0 Å². The van der Waals surface area contributed by atoms with E-state index < -0.39 is 0 Å². The van der Waals surface area contributed by atoms with Crippen LogP contribution in [0.3, 0.4) is 0 Å². The van der Waals surface area contributed by atoms with E-state index in [2.05, 4.69) is 36.2 Å². The van der Waals surface area contributed by atoms with Crippen molar-refractivity contribution in [3.05, 3.63) is 12.2 Å². The molecule has 17 heavy (non-hydrogen) atoms. The molecule has 0 bridgehead atoms. The average molecular weight is 236 g/mol. The molecule has 0 amide bonds. The summed E-state index contributed by atoms with van der Waals surface area (Å²) in [5, 5.41) is 3.73. The zero-order valence-corrected chi connectivity index (χ0v) is 11.5. The van der Waals surface area contributed by atoms with Gasteiger partial charge in [0.1, 0.15) is 0 Å². The molecule has 1 aliphatic carbocycles. The highest BCUT2D eigenvalue weighted by molar-refractivity contribution is 4.97. The number of rotatable bonds is 4. The van der Waals surface area contributed by atoms with E-state index in [1.807, 2.05) is 0 Å². The Morgan fingerprint density at radius 3 is 2.82 bits per heavy atom. The molecule has 1 heterocycles. The Hall–Kier alpha value is -0.340. The molecular weight excluding hydrogens is 208 g/mol. The Bertz CT molecular complexity index is 249. The summed E-state index contributed by atoms with van der Waals surface area (Å²) in [6.45, 7) is 7.09. The standard InChI is InChI=1S/C15H28N2/c1-3-8-13-12-17(14(4-2)11-16-13)15-9-6-5-7-10-15/h5-6,13-16H,3-4,7-12H2,1-2H3. The highest BCUT2D eigenvalue weighted by Gasteiger charge is 2.31. The van der Waals surface area contributed by atoms with E-state index in [-0.39, 0.29) is 0 Å². The molecule has 1 aliphatic heterocycles. The molecule has 2 aliphatic rings. The molecule has 0 aromatic carbocycles. The van der Waals surface area contributed by atoms with Gasteiger partial charge in [0.15, 0.2) is 0 Å². The molecule has 0 saturated carbocycles. The van der Waals surface area contributed by atoms with Crippen LogP contribution in [0.2, 0.25) is 0 Å². The number of nitrogens with zero attached hydrogens (tertiary/aromatic N) is 1. The van der Waals surface area contributed by atoms with Gasteiger partial charge in [0.25, 0.3) is 0 Å². The molecule has 0 aromatic rings. The van der Waals surface area contributed by atoms with Crippen LogP contribution in [0.4, 0.5) is 0 Å². The number of hydrogen-bond acceptors (Lipinski definition) is 2. The monoisotopic (exact) mass is 236 g/mol. The molecule has 2 nitrogen and oxygen atoms in total. The predicted molar refractivity (Wildman–Crippen MR) is 74.3 cm³/mol. The van der Waals surface area contributed by atoms with E-state index in [9.17, 15) is 0 Å². The molecular formula is C15H28N2. The van der Waals surface area contributed by atoms with Crippen LogP contribution in [0, 0.1) is 0 Å². The lowest BCUT2D eigenvalue weighted by atomic mass is 9.94. The van der Waals surface area contributed by atoms with Crippen molar-refractivity contribution in [2.45, 2.75) is 70.5 Å². The van der Waals surface area contributed by atoms with Gasteiger partial charge >= 0.3 is 0 Å². The highest BCUT2D eigenvalue weighted by atomic mass is 15.3. The summed E-state index contributed by atoms with van der Waals surface area (Å²) in [5.41, 5.74) is 0. The van der Waals surface area contributed by atoms with Crippen molar-refractivity contribution in [2.75, 3.05) is 13.1 Å². The lowest BCUT2D eigenvalue weighted by molar-refractivity contribution is 0.0714. The van der Waals surface area contributed by atoms with E-state index in [1.54, 1.807) is 0 Å². The quantitative estimate of drug-likeness (QED) is 0.755. The molecule has 0 radical (unpaired) electrons. The van der Waals surface area contributed by atoms with E-state index in [4.69, 9.17) is 0 Å². The highest BCUT2D eigenvalue weighted by Crippen LogP contribution is 2.23. The van der Waals surface area contributed by atoms with Gasteiger partial charge in [-0.3, -0.25) is 4.90 Å². The molecule has 3 unspecified atom stereocenters. The smallest absolute Gasteiger partial charge is 0.0221 e. The first-order valence-corrected chi connectivity index (χ1v) is 7.49. The van der Waals surface area contributed by atoms with Crippen molar-refractivity contribution < 1.29 is 0 Å². The summed E-state index contributed by atoms with van der Waals surface area (Å²) in [5.74, 6) is 0. The Kier molecular flexibility index (Phi) is 5.05.